The maximum Gasteiger partial charge on any atom is 0.0763 e. The largest absolute Gasteiger partial charge is 0.162 e. The summed E-state index contributed by atoms with van der Waals surface area (Å²) in [4.78, 5) is 0. The fourth-order valence-corrected chi connectivity index (χ4v) is 1.50. The summed E-state index contributed by atoms with van der Waals surface area (Å²) >= 11 is 2.27. The molecule has 0 radical (unpaired) electrons. The Kier molecular flexibility index (Phi) is 1.44. The first-order valence-corrected chi connectivity index (χ1v) is 4.10. The Morgan fingerprint density at radius 2 is 2.40 bits per heavy atom. The van der Waals surface area contributed by atoms with E-state index in [0.29, 0.717) is 5.92 Å². The summed E-state index contributed by atoms with van der Waals surface area (Å²) in [5.41, 5.74) is 1.06. The van der Waals surface area contributed by atoms with Gasteiger partial charge in [0.15, 0.2) is 0 Å². The molecule has 1 aliphatic carbocycles. The third-order valence-electron chi connectivity index (χ3n) is 1.49. The van der Waals surface area contributed by atoms with E-state index in [4.69, 9.17) is 0 Å². The van der Waals surface area contributed by atoms with Gasteiger partial charge in [-0.15, -0.1) is 0 Å². The zero-order valence-corrected chi connectivity index (χ0v) is 7.32. The van der Waals surface area contributed by atoms with Crippen molar-refractivity contribution in [2.75, 3.05) is 0 Å². The van der Waals surface area contributed by atoms with E-state index in [1.165, 1.54) is 3.58 Å². The molecular formula is C7H5IN2. The fraction of sp³-hybridized carbons (Fsp3) is 0.143. The minimum absolute atomic E-state index is 0.346. The van der Waals surface area contributed by atoms with Crippen LogP contribution in [-0.2, 0) is 0 Å². The van der Waals surface area contributed by atoms with E-state index >= 15 is 0 Å². The second-order valence-electron chi connectivity index (χ2n) is 2.20. The highest BCUT2D eigenvalue weighted by Crippen LogP contribution is 2.20. The van der Waals surface area contributed by atoms with Gasteiger partial charge in [-0.05, 0) is 28.7 Å². The standard InChI is InChI=1S/C7H5IN2/c8-6-2-1-5-4-9-10-7(5)3-6/h1-5H/t5-/m0/s1. The number of hydrogen-bond donors (Lipinski definition) is 0. The van der Waals surface area contributed by atoms with Gasteiger partial charge in [0.05, 0.1) is 11.6 Å². The highest BCUT2D eigenvalue weighted by Gasteiger charge is 2.16. The van der Waals surface area contributed by atoms with Crippen LogP contribution in [0.5, 0.6) is 0 Å². The molecule has 3 heteroatoms. The van der Waals surface area contributed by atoms with Crippen molar-refractivity contribution in [2.24, 2.45) is 16.1 Å². The van der Waals surface area contributed by atoms with Gasteiger partial charge >= 0.3 is 0 Å². The van der Waals surface area contributed by atoms with Gasteiger partial charge < -0.3 is 0 Å². The van der Waals surface area contributed by atoms with Gasteiger partial charge in [0.2, 0.25) is 0 Å². The Morgan fingerprint density at radius 1 is 1.50 bits per heavy atom. The Bertz CT molecular complexity index is 273. The van der Waals surface area contributed by atoms with Gasteiger partial charge in [-0.1, -0.05) is 12.2 Å². The first-order valence-electron chi connectivity index (χ1n) is 3.03. The van der Waals surface area contributed by atoms with E-state index in [0.717, 1.165) is 5.71 Å². The lowest BCUT2D eigenvalue weighted by molar-refractivity contribution is 1.26. The molecule has 0 fully saturated rings. The molecular weight excluding hydrogens is 239 g/mol. The van der Waals surface area contributed by atoms with Crippen molar-refractivity contribution in [3.63, 3.8) is 0 Å². The zero-order valence-electron chi connectivity index (χ0n) is 5.16. The first-order chi connectivity index (χ1) is 4.86. The number of fused-ring (bicyclic) bond motifs is 1. The Hall–Kier alpha value is -0.450. The van der Waals surface area contributed by atoms with Crippen molar-refractivity contribution >= 4 is 34.5 Å². The molecule has 1 atom stereocenters. The van der Waals surface area contributed by atoms with E-state index in [1.54, 1.807) is 0 Å². The maximum absolute atomic E-state index is 3.96. The predicted molar refractivity (Wildman–Crippen MR) is 50.7 cm³/mol. The molecule has 0 unspecified atom stereocenters. The fourth-order valence-electron chi connectivity index (χ4n) is 0.973. The third-order valence-corrected chi connectivity index (χ3v) is 2.16. The van der Waals surface area contributed by atoms with Crippen LogP contribution in [0.25, 0.3) is 0 Å². The van der Waals surface area contributed by atoms with Crippen molar-refractivity contribution in [3.8, 4) is 0 Å². The molecule has 1 heterocycles. The number of hydrogen-bond acceptors (Lipinski definition) is 2. The highest BCUT2D eigenvalue weighted by atomic mass is 127. The molecule has 0 saturated heterocycles. The Labute approximate surface area is 72.6 Å². The van der Waals surface area contributed by atoms with E-state index in [-0.39, 0.29) is 0 Å². The average Bonchev–Trinajstić information content (AvgIpc) is 2.33. The quantitative estimate of drug-likeness (QED) is 0.581. The summed E-state index contributed by atoms with van der Waals surface area (Å²) in [5, 5.41) is 7.79. The van der Waals surface area contributed by atoms with Crippen LogP contribution in [0.2, 0.25) is 0 Å². The van der Waals surface area contributed by atoms with Gasteiger partial charge in [0.25, 0.3) is 0 Å². The smallest absolute Gasteiger partial charge is 0.0763 e. The zero-order chi connectivity index (χ0) is 6.97. The topological polar surface area (TPSA) is 24.7 Å². The van der Waals surface area contributed by atoms with Gasteiger partial charge in [0, 0.05) is 9.79 Å². The third kappa shape index (κ3) is 0.941. The van der Waals surface area contributed by atoms with Crippen molar-refractivity contribution in [1.29, 1.82) is 0 Å². The molecule has 0 bridgehead atoms. The van der Waals surface area contributed by atoms with Gasteiger partial charge in [0.1, 0.15) is 0 Å². The van der Waals surface area contributed by atoms with E-state index in [2.05, 4.69) is 51.0 Å². The summed E-state index contributed by atoms with van der Waals surface area (Å²) < 4.78 is 1.22. The lowest BCUT2D eigenvalue weighted by Crippen LogP contribution is -2.09. The number of rotatable bonds is 0. The SMILES string of the molecule is IC1=CC2=NN=C[C@@H]2C=C1. The average molecular weight is 244 g/mol. The van der Waals surface area contributed by atoms with Crippen LogP contribution in [0, 0.1) is 5.92 Å². The van der Waals surface area contributed by atoms with Crippen molar-refractivity contribution in [2.45, 2.75) is 0 Å². The lowest BCUT2D eigenvalue weighted by Gasteiger charge is -2.05. The molecule has 0 saturated carbocycles. The Balaban J connectivity index is 2.39. The molecule has 0 amide bonds. The molecule has 2 rings (SSSR count). The second-order valence-corrected chi connectivity index (χ2v) is 3.45. The number of allylic oxidation sites excluding steroid dienone is 4. The summed E-state index contributed by atoms with van der Waals surface area (Å²) in [6.07, 6.45) is 8.10. The molecule has 1 aliphatic heterocycles. The molecule has 50 valence electrons. The monoisotopic (exact) mass is 244 g/mol. The van der Waals surface area contributed by atoms with Gasteiger partial charge in [-0.25, -0.2) is 0 Å². The normalized spacial score (nSPS) is 27.9. The van der Waals surface area contributed by atoms with Gasteiger partial charge in [-0.2, -0.15) is 10.2 Å². The Morgan fingerprint density at radius 3 is 3.30 bits per heavy atom. The molecule has 2 aliphatic rings. The molecule has 0 N–H and O–H groups in total. The van der Waals surface area contributed by atoms with Crippen LogP contribution < -0.4 is 0 Å². The van der Waals surface area contributed by atoms with Crippen molar-refractivity contribution < 1.29 is 0 Å². The van der Waals surface area contributed by atoms with Crippen LogP contribution in [-0.4, -0.2) is 11.9 Å². The molecule has 2 nitrogen and oxygen atoms in total. The van der Waals surface area contributed by atoms with E-state index in [9.17, 15) is 0 Å². The minimum Gasteiger partial charge on any atom is -0.162 e. The summed E-state index contributed by atoms with van der Waals surface area (Å²) in [5.74, 6) is 0.346. The van der Waals surface area contributed by atoms with Crippen LogP contribution in [0.3, 0.4) is 0 Å². The first kappa shape index (κ1) is 6.27. The lowest BCUT2D eigenvalue weighted by atomic mass is 10.0. The van der Waals surface area contributed by atoms with Crippen molar-refractivity contribution in [1.82, 2.24) is 0 Å². The van der Waals surface area contributed by atoms with Crippen LogP contribution >= 0.6 is 22.6 Å². The molecule has 10 heavy (non-hydrogen) atoms. The second kappa shape index (κ2) is 2.30. The molecule has 0 aromatic rings. The summed E-state index contributed by atoms with van der Waals surface area (Å²) in [6.45, 7) is 0. The summed E-state index contributed by atoms with van der Waals surface area (Å²) in [7, 11) is 0. The minimum atomic E-state index is 0.346. The molecule has 0 spiro atoms. The summed E-state index contributed by atoms with van der Waals surface area (Å²) in [6, 6.07) is 0. The van der Waals surface area contributed by atoms with Gasteiger partial charge in [-0.3, -0.25) is 0 Å². The van der Waals surface area contributed by atoms with Crippen LogP contribution in [0.4, 0.5) is 0 Å². The van der Waals surface area contributed by atoms with Crippen LogP contribution in [0.1, 0.15) is 0 Å². The highest BCUT2D eigenvalue weighted by molar-refractivity contribution is 14.1. The predicted octanol–water partition coefficient (Wildman–Crippen LogP) is 1.93. The number of nitrogens with zero attached hydrogens (tertiary/aromatic N) is 2. The van der Waals surface area contributed by atoms with Crippen LogP contribution in [0.15, 0.2) is 32.0 Å². The maximum atomic E-state index is 3.96. The molecule has 0 aromatic heterocycles. The van der Waals surface area contributed by atoms with E-state index < -0.39 is 0 Å². The number of halogens is 1. The molecule has 0 aromatic carbocycles. The van der Waals surface area contributed by atoms with Crippen molar-refractivity contribution in [3.05, 3.63) is 21.8 Å². The van der Waals surface area contributed by atoms with E-state index in [1.807, 2.05) is 6.21 Å².